The second-order valence-electron chi connectivity index (χ2n) is 6.53. The largest absolute Gasteiger partial charge is 0.486 e. The maximum Gasteiger partial charge on any atom is 0.316 e. The first-order chi connectivity index (χ1) is 13.7. The van der Waals surface area contributed by atoms with E-state index in [4.69, 9.17) is 14.2 Å². The van der Waals surface area contributed by atoms with Crippen LogP contribution in [-0.4, -0.2) is 44.0 Å². The monoisotopic (exact) mass is 399 g/mol. The van der Waals surface area contributed by atoms with Crippen molar-refractivity contribution in [2.45, 2.75) is 17.7 Å². The van der Waals surface area contributed by atoms with Crippen molar-refractivity contribution in [3.8, 4) is 11.5 Å². The van der Waals surface area contributed by atoms with Crippen LogP contribution in [0.2, 0.25) is 0 Å². The van der Waals surface area contributed by atoms with Gasteiger partial charge in [0, 0.05) is 17.1 Å². The van der Waals surface area contributed by atoms with Gasteiger partial charge in [-0.3, -0.25) is 9.59 Å². The highest BCUT2D eigenvalue weighted by Gasteiger charge is 2.23. The van der Waals surface area contributed by atoms with Crippen molar-refractivity contribution >= 4 is 29.3 Å². The van der Waals surface area contributed by atoms with E-state index in [1.54, 1.807) is 4.90 Å². The fourth-order valence-corrected chi connectivity index (χ4v) is 4.03. The Labute approximate surface area is 167 Å². The molecule has 0 atom stereocenters. The molecule has 1 amide bonds. The van der Waals surface area contributed by atoms with E-state index in [1.807, 2.05) is 42.5 Å². The van der Waals surface area contributed by atoms with Gasteiger partial charge in [0.2, 0.25) is 0 Å². The number of esters is 1. The Hall–Kier alpha value is -2.67. The van der Waals surface area contributed by atoms with Crippen molar-refractivity contribution in [1.82, 2.24) is 0 Å². The molecule has 2 aromatic carbocycles. The molecular formula is C21H21NO5S. The van der Waals surface area contributed by atoms with E-state index >= 15 is 0 Å². The van der Waals surface area contributed by atoms with Crippen LogP contribution in [-0.2, 0) is 20.7 Å². The smallest absolute Gasteiger partial charge is 0.316 e. The molecule has 0 unspecified atom stereocenters. The molecule has 0 aliphatic carbocycles. The molecule has 28 heavy (non-hydrogen) atoms. The molecule has 0 saturated carbocycles. The highest BCUT2D eigenvalue weighted by atomic mass is 32.2. The van der Waals surface area contributed by atoms with Crippen LogP contribution in [0.15, 0.2) is 47.4 Å². The third-order valence-electron chi connectivity index (χ3n) is 4.64. The average molecular weight is 399 g/mol. The van der Waals surface area contributed by atoms with Gasteiger partial charge in [-0.05, 0) is 42.7 Å². The first-order valence-corrected chi connectivity index (χ1v) is 10.3. The van der Waals surface area contributed by atoms with Crippen molar-refractivity contribution in [3.05, 3.63) is 48.0 Å². The summed E-state index contributed by atoms with van der Waals surface area (Å²) in [6.07, 6.45) is 1.88. The standard InChI is InChI=1S/C21H21NO5S/c23-20(22-9-3-5-15-4-1-2-6-17(15)22)13-27-21(24)14-28-16-7-8-18-19(12-16)26-11-10-25-18/h1-2,4,6-8,12H,3,5,9-11,13-14H2. The molecule has 0 bridgehead atoms. The molecule has 7 heteroatoms. The Morgan fingerprint density at radius 3 is 2.79 bits per heavy atom. The minimum absolute atomic E-state index is 0.128. The van der Waals surface area contributed by atoms with Crippen LogP contribution in [0.4, 0.5) is 5.69 Å². The molecule has 2 aliphatic heterocycles. The zero-order valence-electron chi connectivity index (χ0n) is 15.4. The van der Waals surface area contributed by atoms with E-state index < -0.39 is 5.97 Å². The van der Waals surface area contributed by atoms with Gasteiger partial charge in [0.25, 0.3) is 5.91 Å². The van der Waals surface area contributed by atoms with E-state index in [1.165, 1.54) is 11.8 Å². The molecule has 0 spiro atoms. The van der Waals surface area contributed by atoms with Crippen LogP contribution >= 0.6 is 11.8 Å². The summed E-state index contributed by atoms with van der Waals surface area (Å²) in [5.41, 5.74) is 2.07. The Morgan fingerprint density at radius 2 is 1.89 bits per heavy atom. The molecule has 0 radical (unpaired) electrons. The van der Waals surface area contributed by atoms with Crippen molar-refractivity contribution < 1.29 is 23.8 Å². The number of ether oxygens (including phenoxy) is 3. The van der Waals surface area contributed by atoms with E-state index in [-0.39, 0.29) is 18.3 Å². The molecular weight excluding hydrogens is 378 g/mol. The predicted octanol–water partition coefficient (Wildman–Crippen LogP) is 3.07. The maximum absolute atomic E-state index is 12.5. The summed E-state index contributed by atoms with van der Waals surface area (Å²) >= 11 is 1.34. The van der Waals surface area contributed by atoms with Gasteiger partial charge in [0.05, 0.1) is 5.75 Å². The number of rotatable bonds is 5. The SMILES string of the molecule is O=C(CSc1ccc2c(c1)OCCO2)OCC(=O)N1CCCc2ccccc21. The summed E-state index contributed by atoms with van der Waals surface area (Å²) in [6, 6.07) is 13.4. The van der Waals surface area contributed by atoms with Gasteiger partial charge < -0.3 is 19.1 Å². The van der Waals surface area contributed by atoms with Crippen LogP contribution in [0, 0.1) is 0 Å². The highest BCUT2D eigenvalue weighted by Crippen LogP contribution is 2.34. The summed E-state index contributed by atoms with van der Waals surface area (Å²) < 4.78 is 16.2. The Bertz CT molecular complexity index is 885. The van der Waals surface area contributed by atoms with Gasteiger partial charge >= 0.3 is 5.97 Å². The third-order valence-corrected chi connectivity index (χ3v) is 5.61. The van der Waals surface area contributed by atoms with Crippen LogP contribution in [0.1, 0.15) is 12.0 Å². The minimum atomic E-state index is -0.418. The van der Waals surface area contributed by atoms with E-state index in [0.29, 0.717) is 31.3 Å². The fraction of sp³-hybridized carbons (Fsp3) is 0.333. The van der Waals surface area contributed by atoms with Gasteiger partial charge in [-0.25, -0.2) is 0 Å². The van der Waals surface area contributed by atoms with E-state index in [2.05, 4.69) is 0 Å². The number of amides is 1. The number of nitrogens with zero attached hydrogens (tertiary/aromatic N) is 1. The molecule has 2 aliphatic rings. The molecule has 0 fully saturated rings. The lowest BCUT2D eigenvalue weighted by Crippen LogP contribution is -2.38. The summed E-state index contributed by atoms with van der Waals surface area (Å²) in [5.74, 6) is 0.918. The second-order valence-corrected chi connectivity index (χ2v) is 7.58. The van der Waals surface area contributed by atoms with Gasteiger partial charge in [-0.1, -0.05) is 18.2 Å². The number of para-hydroxylation sites is 1. The lowest BCUT2D eigenvalue weighted by molar-refractivity contribution is -0.145. The fourth-order valence-electron chi connectivity index (χ4n) is 3.31. The topological polar surface area (TPSA) is 65.1 Å². The van der Waals surface area contributed by atoms with Crippen LogP contribution in [0.25, 0.3) is 0 Å². The Kier molecular flexibility index (Phi) is 5.71. The number of carbonyl (C=O) groups is 2. The molecule has 2 heterocycles. The number of hydrogen-bond acceptors (Lipinski definition) is 6. The number of anilines is 1. The lowest BCUT2D eigenvalue weighted by atomic mass is 10.0. The maximum atomic E-state index is 12.5. The lowest BCUT2D eigenvalue weighted by Gasteiger charge is -2.29. The second kappa shape index (κ2) is 8.56. The number of carbonyl (C=O) groups excluding carboxylic acids is 2. The van der Waals surface area contributed by atoms with Gasteiger partial charge in [-0.15, -0.1) is 11.8 Å². The van der Waals surface area contributed by atoms with Gasteiger partial charge in [0.15, 0.2) is 18.1 Å². The van der Waals surface area contributed by atoms with Crippen molar-refractivity contribution in [1.29, 1.82) is 0 Å². The quantitative estimate of drug-likeness (QED) is 0.569. The number of aryl methyl sites for hydroxylation is 1. The Balaban J connectivity index is 1.27. The van der Waals surface area contributed by atoms with Gasteiger partial charge in [-0.2, -0.15) is 0 Å². The highest BCUT2D eigenvalue weighted by molar-refractivity contribution is 8.00. The first kappa shape index (κ1) is 18.7. The molecule has 0 saturated heterocycles. The summed E-state index contributed by atoms with van der Waals surface area (Å²) in [4.78, 5) is 27.2. The number of benzene rings is 2. The molecule has 6 nitrogen and oxygen atoms in total. The Morgan fingerprint density at radius 1 is 1.07 bits per heavy atom. The van der Waals surface area contributed by atoms with Crippen LogP contribution in [0.3, 0.4) is 0 Å². The number of hydrogen-bond donors (Lipinski definition) is 0. The van der Waals surface area contributed by atoms with Crippen molar-refractivity contribution in [2.75, 3.05) is 37.0 Å². The zero-order chi connectivity index (χ0) is 19.3. The summed E-state index contributed by atoms with van der Waals surface area (Å²) in [7, 11) is 0. The summed E-state index contributed by atoms with van der Waals surface area (Å²) in [5, 5.41) is 0. The third kappa shape index (κ3) is 4.25. The van der Waals surface area contributed by atoms with Gasteiger partial charge in [0.1, 0.15) is 13.2 Å². The number of fused-ring (bicyclic) bond motifs is 2. The van der Waals surface area contributed by atoms with Crippen molar-refractivity contribution in [2.24, 2.45) is 0 Å². The number of thioether (sulfide) groups is 1. The van der Waals surface area contributed by atoms with Crippen LogP contribution < -0.4 is 14.4 Å². The predicted molar refractivity (Wildman–Crippen MR) is 106 cm³/mol. The summed E-state index contributed by atoms with van der Waals surface area (Å²) in [6.45, 7) is 1.47. The van der Waals surface area contributed by atoms with Crippen molar-refractivity contribution in [3.63, 3.8) is 0 Å². The van der Waals surface area contributed by atoms with E-state index in [9.17, 15) is 9.59 Å². The average Bonchev–Trinajstić information content (AvgIpc) is 2.75. The first-order valence-electron chi connectivity index (χ1n) is 9.27. The zero-order valence-corrected chi connectivity index (χ0v) is 16.2. The van der Waals surface area contributed by atoms with Crippen LogP contribution in [0.5, 0.6) is 11.5 Å². The molecule has 146 valence electrons. The normalized spacial score (nSPS) is 14.9. The minimum Gasteiger partial charge on any atom is -0.486 e. The molecule has 2 aromatic rings. The van der Waals surface area contributed by atoms with E-state index in [0.717, 1.165) is 29.0 Å². The molecule has 0 aromatic heterocycles. The molecule has 0 N–H and O–H groups in total. The molecule has 4 rings (SSSR count).